The lowest BCUT2D eigenvalue weighted by Crippen LogP contribution is -2.52. The first-order valence-corrected chi connectivity index (χ1v) is 9.82. The zero-order valence-electron chi connectivity index (χ0n) is 15.8. The summed E-state index contributed by atoms with van der Waals surface area (Å²) in [5.74, 6) is 0.581. The Balaban J connectivity index is 1.38. The first-order chi connectivity index (χ1) is 13.7. The highest BCUT2D eigenvalue weighted by Gasteiger charge is 2.33. The molecule has 0 bridgehead atoms. The number of carbonyl (C=O) groups excluding carboxylic acids is 2. The SMILES string of the molecule is O=C(NCc1ccccc1)[C@H]1CCCN(C(=O)N2CCOc3ccccc32)C1. The van der Waals surface area contributed by atoms with Gasteiger partial charge in [-0.25, -0.2) is 4.79 Å². The molecule has 2 aliphatic heterocycles. The van der Waals surface area contributed by atoms with Crippen LogP contribution in [0.5, 0.6) is 5.75 Å². The van der Waals surface area contributed by atoms with Gasteiger partial charge in [0.15, 0.2) is 0 Å². The third kappa shape index (κ3) is 3.96. The van der Waals surface area contributed by atoms with E-state index >= 15 is 0 Å². The molecule has 0 saturated carbocycles. The monoisotopic (exact) mass is 379 g/mol. The Morgan fingerprint density at radius 3 is 2.68 bits per heavy atom. The van der Waals surface area contributed by atoms with E-state index < -0.39 is 0 Å². The predicted octanol–water partition coefficient (Wildman–Crippen LogP) is 3.03. The van der Waals surface area contributed by atoms with E-state index in [1.807, 2.05) is 54.6 Å². The molecular weight excluding hydrogens is 354 g/mol. The van der Waals surface area contributed by atoms with Gasteiger partial charge < -0.3 is 15.0 Å². The number of nitrogens with one attached hydrogen (secondary N) is 1. The Bertz CT molecular complexity index is 840. The number of benzene rings is 2. The summed E-state index contributed by atoms with van der Waals surface area (Å²) >= 11 is 0. The van der Waals surface area contributed by atoms with Crippen molar-refractivity contribution >= 4 is 17.6 Å². The van der Waals surface area contributed by atoms with Crippen LogP contribution in [0.4, 0.5) is 10.5 Å². The van der Waals surface area contributed by atoms with Gasteiger partial charge in [-0.15, -0.1) is 0 Å². The lowest BCUT2D eigenvalue weighted by Gasteiger charge is -2.37. The van der Waals surface area contributed by atoms with E-state index in [-0.39, 0.29) is 17.9 Å². The van der Waals surface area contributed by atoms with E-state index in [1.165, 1.54) is 0 Å². The highest BCUT2D eigenvalue weighted by molar-refractivity contribution is 5.94. The number of carbonyl (C=O) groups is 2. The number of hydrogen-bond acceptors (Lipinski definition) is 3. The molecule has 4 rings (SSSR count). The highest BCUT2D eigenvalue weighted by atomic mass is 16.5. The Kier molecular flexibility index (Phi) is 5.46. The Hall–Kier alpha value is -3.02. The molecule has 1 atom stereocenters. The number of nitrogens with zero attached hydrogens (tertiary/aromatic N) is 2. The van der Waals surface area contributed by atoms with E-state index in [0.717, 1.165) is 29.8 Å². The number of rotatable bonds is 3. The van der Waals surface area contributed by atoms with Crippen molar-refractivity contribution in [1.82, 2.24) is 10.2 Å². The van der Waals surface area contributed by atoms with E-state index in [2.05, 4.69) is 5.32 Å². The molecule has 0 radical (unpaired) electrons. The average molecular weight is 379 g/mol. The van der Waals surface area contributed by atoms with Crippen molar-refractivity contribution in [3.05, 3.63) is 60.2 Å². The van der Waals surface area contributed by atoms with Crippen LogP contribution < -0.4 is 15.0 Å². The van der Waals surface area contributed by atoms with E-state index in [9.17, 15) is 9.59 Å². The van der Waals surface area contributed by atoms with Crippen molar-refractivity contribution in [2.45, 2.75) is 19.4 Å². The van der Waals surface area contributed by atoms with Crippen molar-refractivity contribution in [2.24, 2.45) is 5.92 Å². The molecule has 0 spiro atoms. The summed E-state index contributed by atoms with van der Waals surface area (Å²) in [7, 11) is 0. The molecule has 146 valence electrons. The number of ether oxygens (including phenoxy) is 1. The first-order valence-electron chi connectivity index (χ1n) is 9.82. The quantitative estimate of drug-likeness (QED) is 0.892. The second-order valence-corrected chi connectivity index (χ2v) is 7.24. The van der Waals surface area contributed by atoms with Gasteiger partial charge in [0.1, 0.15) is 12.4 Å². The highest BCUT2D eigenvalue weighted by Crippen LogP contribution is 2.32. The van der Waals surface area contributed by atoms with Crippen LogP contribution >= 0.6 is 0 Å². The molecule has 0 aromatic heterocycles. The summed E-state index contributed by atoms with van der Waals surface area (Å²) in [4.78, 5) is 29.3. The number of urea groups is 1. The van der Waals surface area contributed by atoms with Crippen LogP contribution in [0.15, 0.2) is 54.6 Å². The second kappa shape index (κ2) is 8.33. The van der Waals surface area contributed by atoms with Crippen LogP contribution in [-0.4, -0.2) is 43.1 Å². The van der Waals surface area contributed by atoms with Crippen molar-refractivity contribution < 1.29 is 14.3 Å². The van der Waals surface area contributed by atoms with E-state index in [4.69, 9.17) is 4.74 Å². The van der Waals surface area contributed by atoms with Gasteiger partial charge in [0.25, 0.3) is 0 Å². The number of anilines is 1. The number of fused-ring (bicyclic) bond motifs is 1. The molecule has 1 N–H and O–H groups in total. The molecule has 6 nitrogen and oxygen atoms in total. The molecule has 0 unspecified atom stereocenters. The Morgan fingerprint density at radius 2 is 1.82 bits per heavy atom. The maximum absolute atomic E-state index is 13.1. The summed E-state index contributed by atoms with van der Waals surface area (Å²) in [5, 5.41) is 3.01. The largest absolute Gasteiger partial charge is 0.490 e. The fourth-order valence-corrected chi connectivity index (χ4v) is 3.83. The predicted molar refractivity (Wildman–Crippen MR) is 107 cm³/mol. The first kappa shape index (κ1) is 18.3. The third-order valence-corrected chi connectivity index (χ3v) is 5.33. The zero-order valence-corrected chi connectivity index (χ0v) is 15.8. The molecule has 6 heteroatoms. The topological polar surface area (TPSA) is 61.9 Å². The number of amides is 3. The smallest absolute Gasteiger partial charge is 0.324 e. The van der Waals surface area contributed by atoms with Crippen molar-refractivity contribution in [3.8, 4) is 5.75 Å². The van der Waals surface area contributed by atoms with Gasteiger partial charge in [-0.1, -0.05) is 42.5 Å². The van der Waals surface area contributed by atoms with Crippen molar-refractivity contribution in [2.75, 3.05) is 31.1 Å². The lowest BCUT2D eigenvalue weighted by molar-refractivity contribution is -0.126. The maximum Gasteiger partial charge on any atom is 0.324 e. The molecule has 3 amide bonds. The van der Waals surface area contributed by atoms with Crippen LogP contribution in [0.1, 0.15) is 18.4 Å². The standard InChI is InChI=1S/C22H25N3O3/c26-21(23-15-17-7-2-1-3-8-17)18-9-6-12-24(16-18)22(27)25-13-14-28-20-11-5-4-10-19(20)25/h1-5,7-8,10-11,18H,6,9,12-16H2,(H,23,26)/t18-/m0/s1. The number of piperidine rings is 1. The molecule has 2 aliphatic rings. The van der Waals surface area contributed by atoms with Gasteiger partial charge in [0, 0.05) is 19.6 Å². The van der Waals surface area contributed by atoms with Crippen molar-refractivity contribution in [3.63, 3.8) is 0 Å². The van der Waals surface area contributed by atoms with Crippen LogP contribution in [0, 0.1) is 5.92 Å². The Labute approximate surface area is 165 Å². The number of para-hydroxylation sites is 2. The minimum absolute atomic E-state index is 0.0173. The van der Waals surface area contributed by atoms with Crippen LogP contribution in [0.3, 0.4) is 0 Å². The lowest BCUT2D eigenvalue weighted by atomic mass is 9.97. The van der Waals surface area contributed by atoms with E-state index in [0.29, 0.717) is 32.8 Å². The molecular formula is C22H25N3O3. The fraction of sp³-hybridized carbons (Fsp3) is 0.364. The molecule has 2 aromatic carbocycles. The second-order valence-electron chi connectivity index (χ2n) is 7.24. The van der Waals surface area contributed by atoms with Crippen LogP contribution in [0.25, 0.3) is 0 Å². The molecule has 2 heterocycles. The number of hydrogen-bond donors (Lipinski definition) is 1. The van der Waals surface area contributed by atoms with Crippen LogP contribution in [-0.2, 0) is 11.3 Å². The van der Waals surface area contributed by atoms with Gasteiger partial charge in [-0.2, -0.15) is 0 Å². The average Bonchev–Trinajstić information content (AvgIpc) is 2.77. The molecule has 0 aliphatic carbocycles. The molecule has 1 saturated heterocycles. The summed E-state index contributed by atoms with van der Waals surface area (Å²) < 4.78 is 5.65. The summed E-state index contributed by atoms with van der Waals surface area (Å²) in [6.45, 7) is 2.66. The van der Waals surface area contributed by atoms with E-state index in [1.54, 1.807) is 9.80 Å². The summed E-state index contributed by atoms with van der Waals surface area (Å²) in [6, 6.07) is 17.4. The molecule has 28 heavy (non-hydrogen) atoms. The maximum atomic E-state index is 13.1. The fourth-order valence-electron chi connectivity index (χ4n) is 3.83. The minimum atomic E-state index is -0.169. The van der Waals surface area contributed by atoms with Gasteiger partial charge in [-0.05, 0) is 30.5 Å². The zero-order chi connectivity index (χ0) is 19.3. The van der Waals surface area contributed by atoms with Crippen LogP contribution in [0.2, 0.25) is 0 Å². The minimum Gasteiger partial charge on any atom is -0.490 e. The molecule has 1 fully saturated rings. The number of likely N-dealkylation sites (tertiary alicyclic amines) is 1. The normalized spacial score (nSPS) is 18.8. The van der Waals surface area contributed by atoms with Gasteiger partial charge in [-0.3, -0.25) is 9.69 Å². The van der Waals surface area contributed by atoms with Gasteiger partial charge in [0.05, 0.1) is 18.2 Å². The Morgan fingerprint density at radius 1 is 1.04 bits per heavy atom. The molecule has 2 aromatic rings. The van der Waals surface area contributed by atoms with Gasteiger partial charge in [0.2, 0.25) is 5.91 Å². The third-order valence-electron chi connectivity index (χ3n) is 5.33. The van der Waals surface area contributed by atoms with Crippen molar-refractivity contribution in [1.29, 1.82) is 0 Å². The summed E-state index contributed by atoms with van der Waals surface area (Å²) in [5.41, 5.74) is 1.87. The summed E-state index contributed by atoms with van der Waals surface area (Å²) in [6.07, 6.45) is 1.64. The van der Waals surface area contributed by atoms with Gasteiger partial charge >= 0.3 is 6.03 Å².